The highest BCUT2D eigenvalue weighted by molar-refractivity contribution is 5.32. The maximum Gasteiger partial charge on any atom is 0.124 e. The number of benzene rings is 1. The Morgan fingerprint density at radius 3 is 2.69 bits per heavy atom. The topological polar surface area (TPSA) is 57.1 Å². The summed E-state index contributed by atoms with van der Waals surface area (Å²) < 4.78 is 0. The second-order valence-corrected chi connectivity index (χ2v) is 3.10. The number of quaternary nitrogens is 1. The Hall–Kier alpha value is -1.06. The second kappa shape index (κ2) is 4.84. The Balaban J connectivity index is 2.65. The van der Waals surface area contributed by atoms with Crippen LogP contribution in [0.2, 0.25) is 0 Å². The maximum atomic E-state index is 9.50. The minimum absolute atomic E-state index is 0.165. The molecule has 0 saturated heterocycles. The average Bonchev–Trinajstić information content (AvgIpc) is 2.15. The summed E-state index contributed by atoms with van der Waals surface area (Å²) in [4.78, 5) is 0. The number of para-hydroxylation sites is 1. The van der Waals surface area contributed by atoms with Crippen LogP contribution in [0.25, 0.3) is 0 Å². The monoisotopic (exact) mass is 182 g/mol. The number of hydrogen-bond acceptors (Lipinski definition) is 2. The van der Waals surface area contributed by atoms with Crippen molar-refractivity contribution in [3.8, 4) is 5.75 Å². The standard InChI is InChI=1S/C10H15NO2/c1-8(11-6-7-12)9-4-2-3-5-10(9)13/h2-5,8,11-13H,6-7H2,1H3/p+1/t8-/m1/s1. The molecule has 0 amide bonds. The molecule has 0 aliphatic carbocycles. The number of nitrogens with two attached hydrogens (primary N) is 1. The van der Waals surface area contributed by atoms with Crippen LogP contribution in [-0.2, 0) is 0 Å². The van der Waals surface area contributed by atoms with Crippen LogP contribution in [0.15, 0.2) is 24.3 Å². The van der Waals surface area contributed by atoms with E-state index in [1.54, 1.807) is 12.1 Å². The van der Waals surface area contributed by atoms with Crippen molar-refractivity contribution < 1.29 is 15.5 Å². The molecule has 1 aromatic carbocycles. The third-order valence-corrected chi connectivity index (χ3v) is 2.08. The summed E-state index contributed by atoms with van der Waals surface area (Å²) in [6.07, 6.45) is 0. The first-order valence-electron chi connectivity index (χ1n) is 4.47. The second-order valence-electron chi connectivity index (χ2n) is 3.10. The molecule has 3 heteroatoms. The summed E-state index contributed by atoms with van der Waals surface area (Å²) in [6.45, 7) is 2.83. The zero-order valence-corrected chi connectivity index (χ0v) is 7.77. The summed E-state index contributed by atoms with van der Waals surface area (Å²) in [7, 11) is 0. The first-order chi connectivity index (χ1) is 6.25. The van der Waals surface area contributed by atoms with Crippen LogP contribution in [0.1, 0.15) is 18.5 Å². The molecule has 0 unspecified atom stereocenters. The van der Waals surface area contributed by atoms with Crippen molar-refractivity contribution in [1.29, 1.82) is 0 Å². The largest absolute Gasteiger partial charge is 0.507 e. The molecule has 1 atom stereocenters. The van der Waals surface area contributed by atoms with Crippen molar-refractivity contribution in [1.82, 2.24) is 0 Å². The molecule has 0 radical (unpaired) electrons. The molecule has 1 rings (SSSR count). The lowest BCUT2D eigenvalue weighted by atomic mass is 10.1. The number of phenolic OH excluding ortho intramolecular Hbond substituents is 1. The van der Waals surface area contributed by atoms with Crippen LogP contribution < -0.4 is 5.32 Å². The highest BCUT2D eigenvalue weighted by atomic mass is 16.3. The molecule has 13 heavy (non-hydrogen) atoms. The van der Waals surface area contributed by atoms with E-state index in [1.165, 1.54) is 0 Å². The molecule has 0 aliphatic heterocycles. The van der Waals surface area contributed by atoms with E-state index in [-0.39, 0.29) is 12.6 Å². The van der Waals surface area contributed by atoms with Gasteiger partial charge in [0.25, 0.3) is 0 Å². The molecular weight excluding hydrogens is 166 g/mol. The van der Waals surface area contributed by atoms with Gasteiger partial charge in [0.15, 0.2) is 0 Å². The first-order valence-corrected chi connectivity index (χ1v) is 4.47. The Kier molecular flexibility index (Phi) is 3.73. The highest BCUT2D eigenvalue weighted by Crippen LogP contribution is 2.20. The van der Waals surface area contributed by atoms with Gasteiger partial charge in [-0.1, -0.05) is 12.1 Å². The number of aliphatic hydroxyl groups excluding tert-OH is 1. The number of phenols is 1. The molecule has 0 heterocycles. The predicted octanol–water partition coefficient (Wildman–Crippen LogP) is 0.00890. The van der Waals surface area contributed by atoms with E-state index >= 15 is 0 Å². The van der Waals surface area contributed by atoms with Crippen LogP contribution in [-0.4, -0.2) is 23.4 Å². The van der Waals surface area contributed by atoms with Crippen LogP contribution in [0.4, 0.5) is 0 Å². The van der Waals surface area contributed by atoms with Gasteiger partial charge in [-0.2, -0.15) is 0 Å². The van der Waals surface area contributed by atoms with Crippen molar-refractivity contribution >= 4 is 0 Å². The fourth-order valence-electron chi connectivity index (χ4n) is 1.32. The number of aliphatic hydroxyl groups is 1. The lowest BCUT2D eigenvalue weighted by Crippen LogP contribution is -2.85. The van der Waals surface area contributed by atoms with E-state index in [2.05, 4.69) is 0 Å². The van der Waals surface area contributed by atoms with E-state index in [0.717, 1.165) is 5.56 Å². The van der Waals surface area contributed by atoms with Crippen LogP contribution >= 0.6 is 0 Å². The quantitative estimate of drug-likeness (QED) is 0.614. The highest BCUT2D eigenvalue weighted by Gasteiger charge is 2.10. The van der Waals surface area contributed by atoms with Gasteiger partial charge < -0.3 is 15.5 Å². The molecule has 0 bridgehead atoms. The van der Waals surface area contributed by atoms with Gasteiger partial charge in [-0.25, -0.2) is 0 Å². The van der Waals surface area contributed by atoms with Crippen molar-refractivity contribution in [2.45, 2.75) is 13.0 Å². The van der Waals surface area contributed by atoms with Gasteiger partial charge in [0.1, 0.15) is 11.8 Å². The van der Waals surface area contributed by atoms with Crippen molar-refractivity contribution in [3.63, 3.8) is 0 Å². The van der Waals surface area contributed by atoms with Crippen LogP contribution in [0.5, 0.6) is 5.75 Å². The SMILES string of the molecule is C[C@@H]([NH2+]CCO)c1ccccc1O. The number of aromatic hydroxyl groups is 1. The van der Waals surface area contributed by atoms with Gasteiger partial charge in [-0.05, 0) is 19.1 Å². The van der Waals surface area contributed by atoms with E-state index in [4.69, 9.17) is 5.11 Å². The van der Waals surface area contributed by atoms with Crippen LogP contribution in [0.3, 0.4) is 0 Å². The van der Waals surface area contributed by atoms with Gasteiger partial charge in [-0.3, -0.25) is 0 Å². The van der Waals surface area contributed by atoms with Crippen molar-refractivity contribution in [3.05, 3.63) is 29.8 Å². The van der Waals surface area contributed by atoms with Gasteiger partial charge in [0.2, 0.25) is 0 Å². The molecular formula is C10H16NO2+. The first kappa shape index (κ1) is 10.0. The van der Waals surface area contributed by atoms with Gasteiger partial charge >= 0.3 is 0 Å². The van der Waals surface area contributed by atoms with E-state index in [0.29, 0.717) is 12.3 Å². The molecule has 0 aliphatic rings. The van der Waals surface area contributed by atoms with Gasteiger partial charge in [0, 0.05) is 0 Å². The summed E-state index contributed by atoms with van der Waals surface area (Å²) in [6, 6.07) is 7.47. The molecule has 1 aromatic rings. The minimum Gasteiger partial charge on any atom is -0.507 e. The van der Waals surface area contributed by atoms with Gasteiger partial charge in [-0.15, -0.1) is 0 Å². The summed E-state index contributed by atoms with van der Waals surface area (Å²) in [5, 5.41) is 20.1. The molecule has 0 aromatic heterocycles. The molecule has 0 fully saturated rings. The van der Waals surface area contributed by atoms with E-state index in [1.807, 2.05) is 24.4 Å². The molecule has 3 nitrogen and oxygen atoms in total. The average molecular weight is 182 g/mol. The zero-order chi connectivity index (χ0) is 9.68. The summed E-state index contributed by atoms with van der Waals surface area (Å²) in [5.41, 5.74) is 0.913. The normalized spacial score (nSPS) is 12.8. The molecule has 72 valence electrons. The Bertz CT molecular complexity index is 263. The Morgan fingerprint density at radius 1 is 1.38 bits per heavy atom. The maximum absolute atomic E-state index is 9.50. The lowest BCUT2D eigenvalue weighted by molar-refractivity contribution is -0.693. The van der Waals surface area contributed by atoms with Crippen LogP contribution in [0, 0.1) is 0 Å². The Labute approximate surface area is 78.0 Å². The van der Waals surface area contributed by atoms with E-state index < -0.39 is 0 Å². The third-order valence-electron chi connectivity index (χ3n) is 2.08. The fourth-order valence-corrected chi connectivity index (χ4v) is 1.32. The number of rotatable bonds is 4. The van der Waals surface area contributed by atoms with Crippen molar-refractivity contribution in [2.75, 3.05) is 13.2 Å². The van der Waals surface area contributed by atoms with E-state index in [9.17, 15) is 5.11 Å². The third kappa shape index (κ3) is 2.72. The summed E-state index contributed by atoms with van der Waals surface area (Å²) in [5.74, 6) is 0.323. The zero-order valence-electron chi connectivity index (χ0n) is 7.77. The smallest absolute Gasteiger partial charge is 0.124 e. The fraction of sp³-hybridized carbons (Fsp3) is 0.400. The number of hydrogen-bond donors (Lipinski definition) is 3. The van der Waals surface area contributed by atoms with Crippen molar-refractivity contribution in [2.24, 2.45) is 0 Å². The van der Waals surface area contributed by atoms with Gasteiger partial charge in [0.05, 0.1) is 18.7 Å². The molecule has 0 saturated carbocycles. The minimum atomic E-state index is 0.165. The lowest BCUT2D eigenvalue weighted by Gasteiger charge is -2.11. The summed E-state index contributed by atoms with van der Waals surface area (Å²) >= 11 is 0. The molecule has 4 N–H and O–H groups in total. The predicted molar refractivity (Wildman–Crippen MR) is 50.4 cm³/mol. The Morgan fingerprint density at radius 2 is 2.08 bits per heavy atom. The molecule has 0 spiro atoms.